The van der Waals surface area contributed by atoms with Gasteiger partial charge in [-0.25, -0.2) is 9.97 Å². The first-order valence-corrected chi connectivity index (χ1v) is 9.02. The van der Waals surface area contributed by atoms with Gasteiger partial charge in [-0.3, -0.25) is 9.59 Å². The van der Waals surface area contributed by atoms with Crippen molar-refractivity contribution in [1.82, 2.24) is 9.97 Å². The van der Waals surface area contributed by atoms with Crippen molar-refractivity contribution in [3.63, 3.8) is 0 Å². The number of aryl methyl sites for hydroxylation is 2. The first-order valence-electron chi connectivity index (χ1n) is 9.02. The number of benzene rings is 2. The van der Waals surface area contributed by atoms with Gasteiger partial charge in [0.2, 0.25) is 5.95 Å². The van der Waals surface area contributed by atoms with Gasteiger partial charge in [0, 0.05) is 30.0 Å². The molecule has 7 nitrogen and oxygen atoms in total. The molecule has 29 heavy (non-hydrogen) atoms. The van der Waals surface area contributed by atoms with Crippen LogP contribution in [-0.2, 0) is 9.59 Å². The van der Waals surface area contributed by atoms with E-state index >= 15 is 0 Å². The highest BCUT2D eigenvalue weighted by Gasteiger charge is 2.20. The smallest absolute Gasteiger partial charge is 0.262 e. The van der Waals surface area contributed by atoms with Crippen LogP contribution in [0.3, 0.4) is 0 Å². The molecule has 0 aliphatic carbocycles. The van der Waals surface area contributed by atoms with Crippen LogP contribution in [0.1, 0.15) is 11.1 Å². The van der Waals surface area contributed by atoms with Crippen LogP contribution in [0.5, 0.6) is 0 Å². The number of nitrogens with one attached hydrogen (secondary N) is 3. The number of carbonyl (C=O) groups is 2. The van der Waals surface area contributed by atoms with Gasteiger partial charge >= 0.3 is 0 Å². The second kappa shape index (κ2) is 9.27. The summed E-state index contributed by atoms with van der Waals surface area (Å²) in [6.45, 7) is 3.75. The number of anilines is 3. The van der Waals surface area contributed by atoms with Crippen molar-refractivity contribution in [2.75, 3.05) is 16.0 Å². The Morgan fingerprint density at radius 3 is 1.72 bits per heavy atom. The number of hydrogen-bond donors (Lipinski definition) is 3. The number of para-hydroxylation sites is 2. The zero-order chi connectivity index (χ0) is 20.6. The minimum Gasteiger partial charge on any atom is -0.330 e. The molecular weight excluding hydrogens is 366 g/mol. The lowest BCUT2D eigenvalue weighted by molar-refractivity contribution is -0.118. The average molecular weight is 387 g/mol. The Morgan fingerprint density at radius 2 is 1.24 bits per heavy atom. The maximum absolute atomic E-state index is 12.9. The molecule has 3 rings (SSSR count). The fraction of sp³-hybridized carbons (Fsp3) is 0.0909. The van der Waals surface area contributed by atoms with E-state index in [2.05, 4.69) is 25.9 Å². The minimum atomic E-state index is -0.547. The Hall–Kier alpha value is -4.00. The summed E-state index contributed by atoms with van der Waals surface area (Å²) in [7, 11) is 0. The van der Waals surface area contributed by atoms with Gasteiger partial charge in [-0.15, -0.1) is 0 Å². The Bertz CT molecular complexity index is 986. The second-order valence-electron chi connectivity index (χ2n) is 6.31. The van der Waals surface area contributed by atoms with Crippen LogP contribution in [0, 0.1) is 13.8 Å². The number of hydrogen-bond acceptors (Lipinski definition) is 5. The number of amides is 2. The molecule has 1 heterocycles. The van der Waals surface area contributed by atoms with E-state index in [9.17, 15) is 9.59 Å². The van der Waals surface area contributed by atoms with Crippen LogP contribution in [-0.4, -0.2) is 21.8 Å². The molecule has 7 heteroatoms. The van der Waals surface area contributed by atoms with E-state index in [1.807, 2.05) is 50.2 Å². The third-order valence-corrected chi connectivity index (χ3v) is 4.19. The Balaban J connectivity index is 1.86. The molecule has 2 amide bonds. The SMILES string of the molecule is Cc1ccccc1NC(=O)C(=CNc1ncccn1)C(=O)Nc1ccccc1C. The molecule has 2 aromatic carbocycles. The number of carbonyl (C=O) groups excluding carboxylic acids is 2. The molecule has 0 spiro atoms. The van der Waals surface area contributed by atoms with E-state index in [0.29, 0.717) is 11.4 Å². The van der Waals surface area contributed by atoms with Gasteiger partial charge in [-0.2, -0.15) is 0 Å². The summed E-state index contributed by atoms with van der Waals surface area (Å²) in [6, 6.07) is 16.4. The van der Waals surface area contributed by atoms with Crippen molar-refractivity contribution >= 4 is 29.1 Å². The molecule has 0 aliphatic heterocycles. The fourth-order valence-electron chi connectivity index (χ4n) is 2.55. The normalized spacial score (nSPS) is 10.0. The fourth-order valence-corrected chi connectivity index (χ4v) is 2.55. The predicted octanol–water partition coefficient (Wildman–Crippen LogP) is 3.67. The van der Waals surface area contributed by atoms with Crippen LogP contribution < -0.4 is 16.0 Å². The lowest BCUT2D eigenvalue weighted by Gasteiger charge is -2.13. The molecule has 1 aromatic heterocycles. The molecule has 0 saturated heterocycles. The Morgan fingerprint density at radius 1 is 0.759 bits per heavy atom. The number of nitrogens with zero attached hydrogens (tertiary/aromatic N) is 2. The van der Waals surface area contributed by atoms with Crippen molar-refractivity contribution in [1.29, 1.82) is 0 Å². The van der Waals surface area contributed by atoms with Crippen molar-refractivity contribution in [2.45, 2.75) is 13.8 Å². The lowest BCUT2D eigenvalue weighted by atomic mass is 10.1. The third-order valence-electron chi connectivity index (χ3n) is 4.19. The molecule has 0 radical (unpaired) electrons. The summed E-state index contributed by atoms with van der Waals surface area (Å²) in [5.74, 6) is -0.819. The standard InChI is InChI=1S/C22H21N5O2/c1-15-8-3-5-10-18(15)26-20(28)17(14-25-22-23-12-7-13-24-22)21(29)27-19-11-6-4-9-16(19)2/h3-14H,1-2H3,(H,26,28)(H,27,29)(H,23,24,25). The molecule has 0 fully saturated rings. The van der Waals surface area contributed by atoms with Gasteiger partial charge < -0.3 is 16.0 Å². The molecule has 0 atom stereocenters. The van der Waals surface area contributed by atoms with Gasteiger partial charge in [0.1, 0.15) is 5.57 Å². The summed E-state index contributed by atoms with van der Waals surface area (Å²) >= 11 is 0. The highest BCUT2D eigenvalue weighted by atomic mass is 16.2. The van der Waals surface area contributed by atoms with Gasteiger partial charge in [0.25, 0.3) is 11.8 Å². The molecule has 3 aromatic rings. The molecule has 0 saturated carbocycles. The summed E-state index contributed by atoms with van der Waals surface area (Å²) < 4.78 is 0. The van der Waals surface area contributed by atoms with E-state index in [1.165, 1.54) is 6.20 Å². The number of rotatable bonds is 6. The van der Waals surface area contributed by atoms with Crippen LogP contribution >= 0.6 is 0 Å². The van der Waals surface area contributed by atoms with Gasteiger partial charge in [0.05, 0.1) is 0 Å². The zero-order valence-electron chi connectivity index (χ0n) is 16.1. The molecule has 0 unspecified atom stereocenters. The summed E-state index contributed by atoms with van der Waals surface area (Å²) in [5, 5.41) is 8.36. The maximum Gasteiger partial charge on any atom is 0.262 e. The van der Waals surface area contributed by atoms with Gasteiger partial charge in [-0.1, -0.05) is 36.4 Å². The number of aromatic nitrogens is 2. The maximum atomic E-state index is 12.9. The quantitative estimate of drug-likeness (QED) is 0.341. The first kappa shape index (κ1) is 19.8. The molecule has 0 aliphatic rings. The minimum absolute atomic E-state index is 0.107. The zero-order valence-corrected chi connectivity index (χ0v) is 16.1. The topological polar surface area (TPSA) is 96.0 Å². The summed E-state index contributed by atoms with van der Waals surface area (Å²) in [5.41, 5.74) is 2.92. The van der Waals surface area contributed by atoms with Crippen molar-refractivity contribution in [2.24, 2.45) is 0 Å². The molecule has 146 valence electrons. The van der Waals surface area contributed by atoms with E-state index in [1.54, 1.807) is 30.6 Å². The highest BCUT2D eigenvalue weighted by Crippen LogP contribution is 2.17. The largest absolute Gasteiger partial charge is 0.330 e. The monoisotopic (exact) mass is 387 g/mol. The molecule has 0 bridgehead atoms. The molecular formula is C22H21N5O2. The Kier molecular flexibility index (Phi) is 6.32. The third kappa shape index (κ3) is 5.26. The van der Waals surface area contributed by atoms with Gasteiger partial charge in [0.15, 0.2) is 0 Å². The van der Waals surface area contributed by atoms with E-state index < -0.39 is 11.8 Å². The van der Waals surface area contributed by atoms with Crippen molar-refractivity contribution in [3.05, 3.63) is 89.9 Å². The molecule has 3 N–H and O–H groups in total. The lowest BCUT2D eigenvalue weighted by Crippen LogP contribution is -2.26. The Labute approximate surface area is 168 Å². The highest BCUT2D eigenvalue weighted by molar-refractivity contribution is 6.26. The van der Waals surface area contributed by atoms with E-state index in [-0.39, 0.29) is 11.5 Å². The van der Waals surface area contributed by atoms with E-state index in [4.69, 9.17) is 0 Å². The second-order valence-corrected chi connectivity index (χ2v) is 6.31. The average Bonchev–Trinajstić information content (AvgIpc) is 2.72. The van der Waals surface area contributed by atoms with Gasteiger partial charge in [-0.05, 0) is 43.2 Å². The van der Waals surface area contributed by atoms with Crippen LogP contribution in [0.4, 0.5) is 17.3 Å². The van der Waals surface area contributed by atoms with Crippen molar-refractivity contribution < 1.29 is 9.59 Å². The van der Waals surface area contributed by atoms with Crippen LogP contribution in [0.15, 0.2) is 78.8 Å². The summed E-state index contributed by atoms with van der Waals surface area (Å²) in [4.78, 5) is 33.8. The van der Waals surface area contributed by atoms with Crippen molar-refractivity contribution in [3.8, 4) is 0 Å². The first-order chi connectivity index (χ1) is 14.0. The van der Waals surface area contributed by atoms with Crippen LogP contribution in [0.25, 0.3) is 0 Å². The van der Waals surface area contributed by atoms with Crippen LogP contribution in [0.2, 0.25) is 0 Å². The summed E-state index contributed by atoms with van der Waals surface area (Å²) in [6.07, 6.45) is 4.42. The van der Waals surface area contributed by atoms with E-state index in [0.717, 1.165) is 11.1 Å². The predicted molar refractivity (Wildman–Crippen MR) is 113 cm³/mol.